The zero-order valence-electron chi connectivity index (χ0n) is 6.55. The van der Waals surface area contributed by atoms with E-state index in [2.05, 4.69) is 6.58 Å². The van der Waals surface area contributed by atoms with Gasteiger partial charge in [0, 0.05) is 6.04 Å². The minimum atomic E-state index is 0.389. The van der Waals surface area contributed by atoms with E-state index in [4.69, 9.17) is 5.73 Å². The fourth-order valence-electron chi connectivity index (χ4n) is 1.77. The summed E-state index contributed by atoms with van der Waals surface area (Å²) in [5.74, 6) is 0.790. The van der Waals surface area contributed by atoms with Crippen molar-refractivity contribution in [3.05, 3.63) is 12.7 Å². The smallest absolute Gasteiger partial charge is 0.0102 e. The van der Waals surface area contributed by atoms with Crippen LogP contribution in [0.3, 0.4) is 0 Å². The van der Waals surface area contributed by atoms with E-state index in [1.54, 1.807) is 0 Å². The second-order valence-electron chi connectivity index (χ2n) is 3.23. The van der Waals surface area contributed by atoms with E-state index < -0.39 is 0 Å². The molecule has 1 nitrogen and oxygen atoms in total. The molecular weight excluding hydrogens is 122 g/mol. The highest BCUT2D eigenvalue weighted by Gasteiger charge is 2.20. The molecule has 1 saturated carbocycles. The molecule has 1 heteroatoms. The highest BCUT2D eigenvalue weighted by molar-refractivity contribution is 4.83. The van der Waals surface area contributed by atoms with Gasteiger partial charge in [-0.3, -0.25) is 0 Å². The fraction of sp³-hybridized carbons (Fsp3) is 0.778. The Balaban J connectivity index is 2.24. The van der Waals surface area contributed by atoms with Crippen molar-refractivity contribution in [3.63, 3.8) is 0 Å². The van der Waals surface area contributed by atoms with Gasteiger partial charge in [0.15, 0.2) is 0 Å². The zero-order chi connectivity index (χ0) is 7.40. The molecule has 0 aromatic carbocycles. The van der Waals surface area contributed by atoms with Crippen LogP contribution in [0.15, 0.2) is 12.7 Å². The Bertz CT molecular complexity index is 103. The SMILES string of the molecule is C=CC[C@@H](N)C1CCCC1. The molecule has 1 aliphatic rings. The molecule has 10 heavy (non-hydrogen) atoms. The Labute approximate surface area is 63.3 Å². The first kappa shape index (κ1) is 7.80. The maximum atomic E-state index is 5.92. The van der Waals surface area contributed by atoms with E-state index >= 15 is 0 Å². The third-order valence-corrected chi connectivity index (χ3v) is 2.44. The predicted octanol–water partition coefficient (Wildman–Crippen LogP) is 2.08. The largest absolute Gasteiger partial charge is 0.327 e. The quantitative estimate of drug-likeness (QED) is 0.595. The minimum absolute atomic E-state index is 0.389. The van der Waals surface area contributed by atoms with E-state index in [9.17, 15) is 0 Å². The lowest BCUT2D eigenvalue weighted by atomic mass is 9.96. The van der Waals surface area contributed by atoms with Crippen molar-refractivity contribution in [2.75, 3.05) is 0 Å². The predicted molar refractivity (Wildman–Crippen MR) is 44.7 cm³/mol. The van der Waals surface area contributed by atoms with Crippen molar-refractivity contribution in [2.24, 2.45) is 11.7 Å². The van der Waals surface area contributed by atoms with Gasteiger partial charge in [-0.15, -0.1) is 6.58 Å². The van der Waals surface area contributed by atoms with Crippen LogP contribution in [0.25, 0.3) is 0 Å². The molecule has 1 rings (SSSR count). The highest BCUT2D eigenvalue weighted by Crippen LogP contribution is 2.27. The summed E-state index contributed by atoms with van der Waals surface area (Å²) in [6.07, 6.45) is 8.38. The molecule has 1 aliphatic carbocycles. The van der Waals surface area contributed by atoms with Crippen LogP contribution in [0.1, 0.15) is 32.1 Å². The highest BCUT2D eigenvalue weighted by atomic mass is 14.6. The lowest BCUT2D eigenvalue weighted by Crippen LogP contribution is -2.27. The maximum Gasteiger partial charge on any atom is 0.0102 e. The molecule has 0 unspecified atom stereocenters. The first-order valence-corrected chi connectivity index (χ1v) is 4.21. The van der Waals surface area contributed by atoms with Crippen molar-refractivity contribution in [2.45, 2.75) is 38.1 Å². The molecule has 2 N–H and O–H groups in total. The molecule has 0 aromatic rings. The minimum Gasteiger partial charge on any atom is -0.327 e. The maximum absolute atomic E-state index is 5.92. The van der Waals surface area contributed by atoms with Crippen LogP contribution in [0.2, 0.25) is 0 Å². The van der Waals surface area contributed by atoms with Crippen LogP contribution in [0.5, 0.6) is 0 Å². The molecule has 0 aliphatic heterocycles. The van der Waals surface area contributed by atoms with Gasteiger partial charge < -0.3 is 5.73 Å². The topological polar surface area (TPSA) is 26.0 Å². The summed E-state index contributed by atoms with van der Waals surface area (Å²) in [6.45, 7) is 3.69. The number of rotatable bonds is 3. The van der Waals surface area contributed by atoms with E-state index in [1.807, 2.05) is 6.08 Å². The van der Waals surface area contributed by atoms with Crippen molar-refractivity contribution in [1.29, 1.82) is 0 Å². The van der Waals surface area contributed by atoms with Crippen LogP contribution >= 0.6 is 0 Å². The molecule has 0 bridgehead atoms. The van der Waals surface area contributed by atoms with E-state index in [0.717, 1.165) is 12.3 Å². The molecular formula is C9H17N. The third-order valence-electron chi connectivity index (χ3n) is 2.44. The second-order valence-corrected chi connectivity index (χ2v) is 3.23. The normalized spacial score (nSPS) is 22.9. The number of hydrogen-bond acceptors (Lipinski definition) is 1. The van der Waals surface area contributed by atoms with Gasteiger partial charge in [-0.25, -0.2) is 0 Å². The van der Waals surface area contributed by atoms with Gasteiger partial charge in [0.05, 0.1) is 0 Å². The Hall–Kier alpha value is -0.300. The second kappa shape index (κ2) is 3.77. The monoisotopic (exact) mass is 139 g/mol. The van der Waals surface area contributed by atoms with Crippen LogP contribution in [-0.4, -0.2) is 6.04 Å². The van der Waals surface area contributed by atoms with Crippen molar-refractivity contribution >= 4 is 0 Å². The molecule has 0 aromatic heterocycles. The Morgan fingerprint density at radius 1 is 1.50 bits per heavy atom. The Morgan fingerprint density at radius 3 is 2.60 bits per heavy atom. The summed E-state index contributed by atoms with van der Waals surface area (Å²) >= 11 is 0. The van der Waals surface area contributed by atoms with Crippen molar-refractivity contribution < 1.29 is 0 Å². The molecule has 58 valence electrons. The molecule has 0 saturated heterocycles. The summed E-state index contributed by atoms with van der Waals surface area (Å²) in [7, 11) is 0. The summed E-state index contributed by atoms with van der Waals surface area (Å²) in [5.41, 5.74) is 5.92. The average Bonchev–Trinajstić information content (AvgIpc) is 2.38. The van der Waals surface area contributed by atoms with Gasteiger partial charge in [0.1, 0.15) is 0 Å². The van der Waals surface area contributed by atoms with Crippen LogP contribution in [0, 0.1) is 5.92 Å². The lowest BCUT2D eigenvalue weighted by Gasteiger charge is -2.16. The molecule has 1 atom stereocenters. The fourth-order valence-corrected chi connectivity index (χ4v) is 1.77. The van der Waals surface area contributed by atoms with Gasteiger partial charge in [-0.1, -0.05) is 18.9 Å². The molecule has 0 amide bonds. The van der Waals surface area contributed by atoms with Crippen molar-refractivity contribution in [1.82, 2.24) is 0 Å². The summed E-state index contributed by atoms with van der Waals surface area (Å²) in [6, 6.07) is 0.389. The van der Waals surface area contributed by atoms with Gasteiger partial charge >= 0.3 is 0 Å². The molecule has 0 radical (unpaired) electrons. The number of nitrogens with two attached hydrogens (primary N) is 1. The Morgan fingerprint density at radius 2 is 2.10 bits per heavy atom. The van der Waals surface area contributed by atoms with Gasteiger partial charge in [-0.2, -0.15) is 0 Å². The van der Waals surface area contributed by atoms with E-state index in [1.165, 1.54) is 25.7 Å². The molecule has 1 fully saturated rings. The van der Waals surface area contributed by atoms with Gasteiger partial charge in [-0.05, 0) is 25.2 Å². The zero-order valence-corrected chi connectivity index (χ0v) is 6.55. The first-order valence-electron chi connectivity index (χ1n) is 4.21. The van der Waals surface area contributed by atoms with Crippen LogP contribution in [-0.2, 0) is 0 Å². The average molecular weight is 139 g/mol. The van der Waals surface area contributed by atoms with Gasteiger partial charge in [0.2, 0.25) is 0 Å². The van der Waals surface area contributed by atoms with Crippen LogP contribution in [0.4, 0.5) is 0 Å². The molecule has 0 heterocycles. The summed E-state index contributed by atoms with van der Waals surface area (Å²) in [5, 5.41) is 0. The lowest BCUT2D eigenvalue weighted by molar-refractivity contribution is 0.434. The van der Waals surface area contributed by atoms with Crippen LogP contribution < -0.4 is 5.73 Å². The third kappa shape index (κ3) is 1.84. The standard InChI is InChI=1S/C9H17N/c1-2-5-9(10)8-6-3-4-7-8/h2,8-9H,1,3-7,10H2/t9-/m1/s1. The summed E-state index contributed by atoms with van der Waals surface area (Å²) < 4.78 is 0. The van der Waals surface area contributed by atoms with E-state index in [0.29, 0.717) is 6.04 Å². The first-order chi connectivity index (χ1) is 4.84. The van der Waals surface area contributed by atoms with Gasteiger partial charge in [0.25, 0.3) is 0 Å². The van der Waals surface area contributed by atoms with Crippen molar-refractivity contribution in [3.8, 4) is 0 Å². The number of hydrogen-bond donors (Lipinski definition) is 1. The Kier molecular flexibility index (Phi) is 2.94. The summed E-state index contributed by atoms with van der Waals surface area (Å²) in [4.78, 5) is 0. The van der Waals surface area contributed by atoms with E-state index in [-0.39, 0.29) is 0 Å². The molecule has 0 spiro atoms.